The van der Waals surface area contributed by atoms with Gasteiger partial charge in [0.2, 0.25) is 0 Å². The van der Waals surface area contributed by atoms with E-state index in [0.717, 1.165) is 18.5 Å². The number of nitrogens with zero attached hydrogens (tertiary/aromatic N) is 3. The molecule has 0 aliphatic rings. The number of aromatic nitrogens is 1. The van der Waals surface area contributed by atoms with Crippen molar-refractivity contribution in [1.29, 1.82) is 0 Å². The van der Waals surface area contributed by atoms with Crippen LogP contribution in [0.15, 0.2) is 18.5 Å². The van der Waals surface area contributed by atoms with Gasteiger partial charge in [-0.15, -0.1) is 0 Å². The molecule has 7 heteroatoms. The normalized spacial score (nSPS) is 9.33. The lowest BCUT2D eigenvalue weighted by molar-refractivity contribution is -0.422. The minimum atomic E-state index is -0.842. The van der Waals surface area contributed by atoms with E-state index in [2.05, 4.69) is 4.98 Å². The van der Waals surface area contributed by atoms with Crippen LogP contribution in [0.5, 0.6) is 0 Å². The summed E-state index contributed by atoms with van der Waals surface area (Å²) in [4.78, 5) is 22.1. The summed E-state index contributed by atoms with van der Waals surface area (Å²) in [6.45, 7) is 0. The Morgan fingerprint density at radius 3 is 2.17 bits per heavy atom. The summed E-state index contributed by atoms with van der Waals surface area (Å²) < 4.78 is 0. The molecule has 7 nitrogen and oxygen atoms in total. The minimum Gasteiger partial charge on any atom is -0.258 e. The first-order chi connectivity index (χ1) is 5.63. The smallest absolute Gasteiger partial charge is 0.258 e. The second-order valence-corrected chi connectivity index (χ2v) is 1.88. The molecule has 0 aliphatic carbocycles. The SMILES string of the molecule is O=[N+]([O-])c1ccncc1[N+](=O)[O-]. The molecule has 0 unspecified atom stereocenters. The fraction of sp³-hybridized carbons (Fsp3) is 0. The maximum absolute atomic E-state index is 10.2. The Balaban J connectivity index is 3.27. The fourth-order valence-corrected chi connectivity index (χ4v) is 0.674. The molecule has 0 atom stereocenters. The van der Waals surface area contributed by atoms with Crippen LogP contribution in [0.4, 0.5) is 11.4 Å². The van der Waals surface area contributed by atoms with Crippen LogP contribution in [0.1, 0.15) is 0 Å². The predicted molar refractivity (Wildman–Crippen MR) is 37.5 cm³/mol. The largest absolute Gasteiger partial charge is 0.364 e. The van der Waals surface area contributed by atoms with E-state index < -0.39 is 21.2 Å². The molecule has 1 aromatic heterocycles. The molecule has 1 aromatic rings. The van der Waals surface area contributed by atoms with Crippen molar-refractivity contribution in [2.24, 2.45) is 0 Å². The average molecular weight is 169 g/mol. The third-order valence-corrected chi connectivity index (χ3v) is 1.17. The van der Waals surface area contributed by atoms with E-state index in [1.807, 2.05) is 0 Å². The maximum Gasteiger partial charge on any atom is 0.364 e. The predicted octanol–water partition coefficient (Wildman–Crippen LogP) is 0.898. The van der Waals surface area contributed by atoms with Gasteiger partial charge in [0.05, 0.1) is 9.85 Å². The van der Waals surface area contributed by atoms with Gasteiger partial charge in [0.25, 0.3) is 0 Å². The number of rotatable bonds is 2. The molecular weight excluding hydrogens is 166 g/mol. The number of pyridine rings is 1. The van der Waals surface area contributed by atoms with E-state index in [-0.39, 0.29) is 0 Å². The molecule has 0 fully saturated rings. The van der Waals surface area contributed by atoms with Crippen molar-refractivity contribution in [3.05, 3.63) is 38.7 Å². The van der Waals surface area contributed by atoms with Crippen molar-refractivity contribution in [2.45, 2.75) is 0 Å². The summed E-state index contributed by atoms with van der Waals surface area (Å²) in [6.07, 6.45) is 1.98. The summed E-state index contributed by atoms with van der Waals surface area (Å²) in [5.74, 6) is 0. The van der Waals surface area contributed by atoms with Gasteiger partial charge in [-0.05, 0) is 0 Å². The third kappa shape index (κ3) is 1.34. The van der Waals surface area contributed by atoms with Gasteiger partial charge >= 0.3 is 11.4 Å². The highest BCUT2D eigenvalue weighted by atomic mass is 16.6. The highest BCUT2D eigenvalue weighted by molar-refractivity contribution is 5.49. The van der Waals surface area contributed by atoms with Gasteiger partial charge in [0.15, 0.2) is 0 Å². The van der Waals surface area contributed by atoms with Crippen molar-refractivity contribution >= 4 is 11.4 Å². The van der Waals surface area contributed by atoms with Gasteiger partial charge < -0.3 is 0 Å². The maximum atomic E-state index is 10.2. The molecule has 0 spiro atoms. The molecule has 0 saturated carbocycles. The first kappa shape index (κ1) is 8.05. The second-order valence-electron chi connectivity index (χ2n) is 1.88. The summed E-state index contributed by atoms with van der Waals surface area (Å²) in [7, 11) is 0. The monoisotopic (exact) mass is 169 g/mol. The molecule has 12 heavy (non-hydrogen) atoms. The Morgan fingerprint density at radius 1 is 1.17 bits per heavy atom. The van der Waals surface area contributed by atoms with Gasteiger partial charge in [-0.1, -0.05) is 0 Å². The first-order valence-corrected chi connectivity index (χ1v) is 2.85. The number of nitro groups is 2. The lowest BCUT2D eigenvalue weighted by Gasteiger charge is -1.91. The Morgan fingerprint density at radius 2 is 1.75 bits per heavy atom. The standard InChI is InChI=1S/C5H3N3O4/c9-7(10)4-1-2-6-3-5(4)8(11)12/h1-3H. The van der Waals surface area contributed by atoms with Crippen LogP contribution in [-0.4, -0.2) is 14.8 Å². The highest BCUT2D eigenvalue weighted by Gasteiger charge is 2.22. The van der Waals surface area contributed by atoms with E-state index in [9.17, 15) is 20.2 Å². The zero-order chi connectivity index (χ0) is 9.14. The Kier molecular flexibility index (Phi) is 1.95. The molecule has 0 N–H and O–H groups in total. The van der Waals surface area contributed by atoms with Crippen LogP contribution in [0.25, 0.3) is 0 Å². The minimum absolute atomic E-state index is 0.546. The average Bonchev–Trinajstić information content (AvgIpc) is 2.04. The van der Waals surface area contributed by atoms with Gasteiger partial charge in [-0.3, -0.25) is 25.2 Å². The molecular formula is C5H3N3O4. The van der Waals surface area contributed by atoms with E-state index in [4.69, 9.17) is 0 Å². The van der Waals surface area contributed by atoms with Crippen LogP contribution < -0.4 is 0 Å². The van der Waals surface area contributed by atoms with Crippen molar-refractivity contribution < 1.29 is 9.85 Å². The van der Waals surface area contributed by atoms with Crippen molar-refractivity contribution in [1.82, 2.24) is 4.98 Å². The van der Waals surface area contributed by atoms with E-state index >= 15 is 0 Å². The summed E-state index contributed by atoms with van der Waals surface area (Å²) in [5.41, 5.74) is -1.14. The van der Waals surface area contributed by atoms with Crippen molar-refractivity contribution in [3.63, 3.8) is 0 Å². The van der Waals surface area contributed by atoms with Crippen molar-refractivity contribution in [2.75, 3.05) is 0 Å². The zero-order valence-corrected chi connectivity index (χ0v) is 5.71. The molecule has 0 amide bonds. The fourth-order valence-electron chi connectivity index (χ4n) is 0.674. The van der Waals surface area contributed by atoms with E-state index in [1.54, 1.807) is 0 Å². The quantitative estimate of drug-likeness (QED) is 0.483. The molecule has 62 valence electrons. The molecule has 0 aliphatic heterocycles. The summed E-state index contributed by atoms with van der Waals surface area (Å²) >= 11 is 0. The Hall–Kier alpha value is -2.05. The molecule has 0 saturated heterocycles. The summed E-state index contributed by atoms with van der Waals surface area (Å²) in [6, 6.07) is 0.984. The molecule has 1 rings (SSSR count). The van der Waals surface area contributed by atoms with Gasteiger partial charge in [-0.2, -0.15) is 0 Å². The molecule has 0 bridgehead atoms. The number of hydrogen-bond acceptors (Lipinski definition) is 5. The Bertz CT molecular complexity index is 304. The van der Waals surface area contributed by atoms with Gasteiger partial charge in [0.1, 0.15) is 6.20 Å². The molecule has 0 radical (unpaired) electrons. The molecule has 1 heterocycles. The third-order valence-electron chi connectivity index (χ3n) is 1.17. The van der Waals surface area contributed by atoms with Gasteiger partial charge in [-0.25, -0.2) is 0 Å². The Labute approximate surface area is 66.0 Å². The second kappa shape index (κ2) is 2.91. The lowest BCUT2D eigenvalue weighted by Crippen LogP contribution is -1.96. The summed E-state index contributed by atoms with van der Waals surface area (Å²) in [5, 5.41) is 20.4. The van der Waals surface area contributed by atoms with E-state index in [1.165, 1.54) is 0 Å². The van der Waals surface area contributed by atoms with Crippen LogP contribution >= 0.6 is 0 Å². The zero-order valence-electron chi connectivity index (χ0n) is 5.71. The number of hydrogen-bond donors (Lipinski definition) is 0. The van der Waals surface area contributed by atoms with Gasteiger partial charge in [0, 0.05) is 12.3 Å². The van der Waals surface area contributed by atoms with E-state index in [0.29, 0.717) is 0 Å². The van der Waals surface area contributed by atoms with Crippen LogP contribution in [-0.2, 0) is 0 Å². The van der Waals surface area contributed by atoms with Crippen LogP contribution in [0.2, 0.25) is 0 Å². The van der Waals surface area contributed by atoms with Crippen molar-refractivity contribution in [3.8, 4) is 0 Å². The van der Waals surface area contributed by atoms with Crippen LogP contribution in [0.3, 0.4) is 0 Å². The topological polar surface area (TPSA) is 99.2 Å². The molecule has 0 aromatic carbocycles. The highest BCUT2D eigenvalue weighted by Crippen LogP contribution is 2.23. The lowest BCUT2D eigenvalue weighted by atomic mass is 10.4. The van der Waals surface area contributed by atoms with Crippen LogP contribution in [0, 0.1) is 20.2 Å². The first-order valence-electron chi connectivity index (χ1n) is 2.85.